The SMILES string of the molecule is O=C(Nc1nc2ccccc2s1)c1ccc(N2CCCC2)cc1. The highest BCUT2D eigenvalue weighted by atomic mass is 32.1. The number of fused-ring (bicyclic) bond motifs is 1. The maximum atomic E-state index is 12.4. The first kappa shape index (κ1) is 14.2. The summed E-state index contributed by atoms with van der Waals surface area (Å²) in [5.74, 6) is -0.114. The molecule has 4 rings (SSSR count). The molecule has 0 aliphatic carbocycles. The summed E-state index contributed by atoms with van der Waals surface area (Å²) in [7, 11) is 0. The average Bonchev–Trinajstić information content (AvgIpc) is 3.24. The number of thiazole rings is 1. The molecule has 1 aliphatic rings. The monoisotopic (exact) mass is 323 g/mol. The van der Waals surface area contributed by atoms with Crippen molar-refractivity contribution in [3.05, 3.63) is 54.1 Å². The Morgan fingerprint density at radius 2 is 1.78 bits per heavy atom. The molecule has 1 saturated heterocycles. The van der Waals surface area contributed by atoms with Crippen molar-refractivity contribution in [3.63, 3.8) is 0 Å². The van der Waals surface area contributed by atoms with Crippen LogP contribution in [0.5, 0.6) is 0 Å². The van der Waals surface area contributed by atoms with Gasteiger partial charge in [0.15, 0.2) is 5.13 Å². The van der Waals surface area contributed by atoms with Gasteiger partial charge in [0.1, 0.15) is 0 Å². The lowest BCUT2D eigenvalue weighted by Gasteiger charge is -2.17. The number of carbonyl (C=O) groups is 1. The van der Waals surface area contributed by atoms with E-state index in [0.29, 0.717) is 10.7 Å². The smallest absolute Gasteiger partial charge is 0.257 e. The molecule has 23 heavy (non-hydrogen) atoms. The van der Waals surface area contributed by atoms with Crippen LogP contribution in [0.3, 0.4) is 0 Å². The Labute approximate surface area is 138 Å². The summed E-state index contributed by atoms with van der Waals surface area (Å²) in [6, 6.07) is 15.7. The molecular formula is C18H17N3OS. The number of rotatable bonds is 3. The molecule has 5 heteroatoms. The molecule has 1 amide bonds. The average molecular weight is 323 g/mol. The molecule has 1 aliphatic heterocycles. The third kappa shape index (κ3) is 2.92. The van der Waals surface area contributed by atoms with E-state index < -0.39 is 0 Å². The molecule has 3 aromatic rings. The zero-order valence-corrected chi connectivity index (χ0v) is 13.5. The molecule has 0 saturated carbocycles. The Balaban J connectivity index is 1.49. The number of nitrogens with one attached hydrogen (secondary N) is 1. The zero-order valence-electron chi connectivity index (χ0n) is 12.7. The Bertz CT molecular complexity index is 802. The fraction of sp³-hybridized carbons (Fsp3) is 0.222. The molecule has 2 heterocycles. The van der Waals surface area contributed by atoms with Crippen molar-refractivity contribution in [2.24, 2.45) is 0 Å². The summed E-state index contributed by atoms with van der Waals surface area (Å²) in [5, 5.41) is 3.53. The molecule has 0 radical (unpaired) electrons. The minimum absolute atomic E-state index is 0.114. The normalized spacial score (nSPS) is 14.3. The summed E-state index contributed by atoms with van der Waals surface area (Å²) >= 11 is 1.49. The predicted molar refractivity (Wildman–Crippen MR) is 95.5 cm³/mol. The molecule has 116 valence electrons. The van der Waals surface area contributed by atoms with Crippen molar-refractivity contribution in [1.29, 1.82) is 0 Å². The number of nitrogens with zero attached hydrogens (tertiary/aromatic N) is 2. The van der Waals surface area contributed by atoms with E-state index >= 15 is 0 Å². The van der Waals surface area contributed by atoms with Gasteiger partial charge >= 0.3 is 0 Å². The molecule has 0 bridgehead atoms. The third-order valence-corrected chi connectivity index (χ3v) is 5.07. The van der Waals surface area contributed by atoms with Crippen LogP contribution in [-0.2, 0) is 0 Å². The van der Waals surface area contributed by atoms with Crippen molar-refractivity contribution in [2.45, 2.75) is 12.8 Å². The molecule has 0 atom stereocenters. The van der Waals surface area contributed by atoms with Crippen LogP contribution in [0.4, 0.5) is 10.8 Å². The van der Waals surface area contributed by atoms with Crippen LogP contribution in [-0.4, -0.2) is 24.0 Å². The maximum absolute atomic E-state index is 12.4. The summed E-state index contributed by atoms with van der Waals surface area (Å²) in [5.41, 5.74) is 2.77. The lowest BCUT2D eigenvalue weighted by molar-refractivity contribution is 0.102. The minimum atomic E-state index is -0.114. The molecule has 0 spiro atoms. The van der Waals surface area contributed by atoms with Gasteiger partial charge in [0.05, 0.1) is 10.2 Å². The summed E-state index contributed by atoms with van der Waals surface area (Å²) in [4.78, 5) is 19.2. The van der Waals surface area contributed by atoms with Gasteiger partial charge in [-0.15, -0.1) is 0 Å². The van der Waals surface area contributed by atoms with Gasteiger partial charge in [0, 0.05) is 24.3 Å². The van der Waals surface area contributed by atoms with Crippen LogP contribution in [0.1, 0.15) is 23.2 Å². The van der Waals surface area contributed by atoms with Crippen LogP contribution in [0.2, 0.25) is 0 Å². The molecule has 0 unspecified atom stereocenters. The summed E-state index contributed by atoms with van der Waals surface area (Å²) in [6.45, 7) is 2.22. The predicted octanol–water partition coefficient (Wildman–Crippen LogP) is 4.15. The first-order valence-corrected chi connectivity index (χ1v) is 8.63. The molecule has 4 nitrogen and oxygen atoms in total. The van der Waals surface area contributed by atoms with E-state index in [1.54, 1.807) is 0 Å². The van der Waals surface area contributed by atoms with E-state index in [1.807, 2.05) is 48.5 Å². The lowest BCUT2D eigenvalue weighted by Crippen LogP contribution is -2.18. The number of hydrogen-bond donors (Lipinski definition) is 1. The Kier molecular flexibility index (Phi) is 3.71. The highest BCUT2D eigenvalue weighted by Crippen LogP contribution is 2.26. The molecule has 2 aromatic carbocycles. The Morgan fingerprint density at radius 3 is 2.52 bits per heavy atom. The standard InChI is InChI=1S/C18H17N3OS/c22-17(20-18-19-15-5-1-2-6-16(15)23-18)13-7-9-14(10-8-13)21-11-3-4-12-21/h1-2,5-10H,3-4,11-12H2,(H,19,20,22). The quantitative estimate of drug-likeness (QED) is 0.787. The molecule has 1 aromatic heterocycles. The summed E-state index contributed by atoms with van der Waals surface area (Å²) < 4.78 is 1.08. The number of benzene rings is 2. The van der Waals surface area contributed by atoms with Crippen LogP contribution >= 0.6 is 11.3 Å². The van der Waals surface area contributed by atoms with Gasteiger partial charge in [-0.25, -0.2) is 4.98 Å². The number of para-hydroxylation sites is 1. The van der Waals surface area contributed by atoms with Gasteiger partial charge in [0.2, 0.25) is 0 Å². The maximum Gasteiger partial charge on any atom is 0.257 e. The molecule has 1 N–H and O–H groups in total. The number of anilines is 2. The van der Waals surface area contributed by atoms with Crippen LogP contribution in [0.25, 0.3) is 10.2 Å². The number of aromatic nitrogens is 1. The van der Waals surface area contributed by atoms with Crippen molar-refractivity contribution in [3.8, 4) is 0 Å². The van der Waals surface area contributed by atoms with Gasteiger partial charge in [0.25, 0.3) is 5.91 Å². The van der Waals surface area contributed by atoms with Crippen molar-refractivity contribution in [1.82, 2.24) is 4.98 Å². The van der Waals surface area contributed by atoms with Gasteiger partial charge in [-0.05, 0) is 49.2 Å². The van der Waals surface area contributed by atoms with Crippen LogP contribution in [0.15, 0.2) is 48.5 Å². The third-order valence-electron chi connectivity index (χ3n) is 4.12. The Morgan fingerprint density at radius 1 is 1.04 bits per heavy atom. The van der Waals surface area contributed by atoms with Crippen molar-refractivity contribution < 1.29 is 4.79 Å². The lowest BCUT2D eigenvalue weighted by atomic mass is 10.2. The van der Waals surface area contributed by atoms with Gasteiger partial charge in [-0.3, -0.25) is 10.1 Å². The second kappa shape index (κ2) is 6.01. The van der Waals surface area contributed by atoms with Crippen LogP contribution < -0.4 is 10.2 Å². The number of carbonyl (C=O) groups excluding carboxylic acids is 1. The summed E-state index contributed by atoms with van der Waals surface area (Å²) in [6.07, 6.45) is 2.50. The Hall–Kier alpha value is -2.40. The fourth-order valence-corrected chi connectivity index (χ4v) is 3.75. The van der Waals surface area contributed by atoms with E-state index in [1.165, 1.54) is 29.9 Å². The minimum Gasteiger partial charge on any atom is -0.372 e. The fourth-order valence-electron chi connectivity index (χ4n) is 2.89. The molecular weight excluding hydrogens is 306 g/mol. The first-order valence-electron chi connectivity index (χ1n) is 7.81. The topological polar surface area (TPSA) is 45.2 Å². The molecule has 1 fully saturated rings. The zero-order chi connectivity index (χ0) is 15.6. The van der Waals surface area contributed by atoms with E-state index in [-0.39, 0.29) is 5.91 Å². The highest BCUT2D eigenvalue weighted by molar-refractivity contribution is 7.22. The highest BCUT2D eigenvalue weighted by Gasteiger charge is 2.14. The van der Waals surface area contributed by atoms with Gasteiger partial charge < -0.3 is 4.90 Å². The number of amides is 1. The van der Waals surface area contributed by atoms with E-state index in [0.717, 1.165) is 23.3 Å². The van der Waals surface area contributed by atoms with Crippen LogP contribution in [0, 0.1) is 0 Å². The van der Waals surface area contributed by atoms with Crippen molar-refractivity contribution in [2.75, 3.05) is 23.3 Å². The van der Waals surface area contributed by atoms with E-state index in [2.05, 4.69) is 15.2 Å². The van der Waals surface area contributed by atoms with E-state index in [4.69, 9.17) is 0 Å². The number of hydrogen-bond acceptors (Lipinski definition) is 4. The van der Waals surface area contributed by atoms with Crippen molar-refractivity contribution >= 4 is 38.3 Å². The van der Waals surface area contributed by atoms with E-state index in [9.17, 15) is 4.79 Å². The second-order valence-electron chi connectivity index (χ2n) is 5.68. The first-order chi connectivity index (χ1) is 11.3. The van der Waals surface area contributed by atoms with Gasteiger partial charge in [-0.1, -0.05) is 23.5 Å². The van der Waals surface area contributed by atoms with Gasteiger partial charge in [-0.2, -0.15) is 0 Å². The second-order valence-corrected chi connectivity index (χ2v) is 6.71. The largest absolute Gasteiger partial charge is 0.372 e.